The molecule has 0 aromatic carbocycles. The molecule has 1 atom stereocenters. The van der Waals surface area contributed by atoms with Gasteiger partial charge in [0, 0.05) is 18.4 Å². The molecule has 1 heterocycles. The highest BCUT2D eigenvalue weighted by atomic mass is 32.1. The molecule has 0 amide bonds. The predicted molar refractivity (Wildman–Crippen MR) is 56.2 cm³/mol. The van der Waals surface area contributed by atoms with Gasteiger partial charge < -0.3 is 9.55 Å². The average Bonchev–Trinajstić information content (AvgIpc) is 2.81. The summed E-state index contributed by atoms with van der Waals surface area (Å²) in [6.45, 7) is 5.45. The van der Waals surface area contributed by atoms with Crippen LogP contribution in [0.5, 0.6) is 0 Å². The molecule has 1 aliphatic rings. The Labute approximate surface area is 84.0 Å². The van der Waals surface area contributed by atoms with Crippen LogP contribution >= 0.6 is 12.2 Å². The van der Waals surface area contributed by atoms with Crippen molar-refractivity contribution in [2.24, 2.45) is 11.8 Å². The van der Waals surface area contributed by atoms with E-state index >= 15 is 0 Å². The summed E-state index contributed by atoms with van der Waals surface area (Å²) in [5.74, 6) is 1.74. The monoisotopic (exact) mass is 196 g/mol. The van der Waals surface area contributed by atoms with Crippen LogP contribution in [0.4, 0.5) is 0 Å². The molecule has 2 rings (SSSR count). The number of aromatic nitrogens is 2. The molecule has 0 radical (unpaired) electrons. The van der Waals surface area contributed by atoms with E-state index in [1.807, 2.05) is 6.92 Å². The van der Waals surface area contributed by atoms with Crippen molar-refractivity contribution in [2.45, 2.75) is 33.2 Å². The number of hydrogen-bond donors (Lipinski definition) is 1. The highest BCUT2D eigenvalue weighted by Gasteiger charge is 2.27. The number of H-pyrrole nitrogens is 1. The largest absolute Gasteiger partial charge is 0.335 e. The van der Waals surface area contributed by atoms with Crippen LogP contribution < -0.4 is 0 Å². The first-order chi connectivity index (χ1) is 6.16. The highest BCUT2D eigenvalue weighted by Crippen LogP contribution is 2.37. The first-order valence-corrected chi connectivity index (χ1v) is 5.33. The predicted octanol–water partition coefficient (Wildman–Crippen LogP) is 2.90. The molecule has 0 aliphatic heterocycles. The number of imidazole rings is 1. The molecule has 1 aromatic heterocycles. The van der Waals surface area contributed by atoms with Crippen molar-refractivity contribution in [1.29, 1.82) is 0 Å². The summed E-state index contributed by atoms with van der Waals surface area (Å²) in [6, 6.07) is 0. The van der Waals surface area contributed by atoms with Gasteiger partial charge in [0.1, 0.15) is 0 Å². The van der Waals surface area contributed by atoms with Gasteiger partial charge in [-0.25, -0.2) is 0 Å². The molecule has 2 nitrogen and oxygen atoms in total. The van der Waals surface area contributed by atoms with E-state index in [9.17, 15) is 0 Å². The molecular formula is C10H16N2S. The molecule has 13 heavy (non-hydrogen) atoms. The number of aromatic amines is 1. The summed E-state index contributed by atoms with van der Waals surface area (Å²) < 4.78 is 3.03. The van der Waals surface area contributed by atoms with Crippen molar-refractivity contribution >= 4 is 12.2 Å². The Hall–Kier alpha value is -0.570. The van der Waals surface area contributed by atoms with Crippen molar-refractivity contribution in [1.82, 2.24) is 9.55 Å². The van der Waals surface area contributed by atoms with Gasteiger partial charge >= 0.3 is 0 Å². The molecule has 1 fully saturated rings. The fourth-order valence-corrected chi connectivity index (χ4v) is 2.11. The van der Waals surface area contributed by atoms with E-state index in [1.54, 1.807) is 0 Å². The second-order valence-electron chi connectivity index (χ2n) is 4.21. The van der Waals surface area contributed by atoms with Crippen LogP contribution in [0.2, 0.25) is 0 Å². The molecule has 1 unspecified atom stereocenters. The van der Waals surface area contributed by atoms with Gasteiger partial charge in [-0.05, 0) is 43.8 Å². The quantitative estimate of drug-likeness (QED) is 0.737. The van der Waals surface area contributed by atoms with E-state index in [-0.39, 0.29) is 0 Å². The molecule has 0 spiro atoms. The van der Waals surface area contributed by atoms with Crippen LogP contribution in [0.25, 0.3) is 0 Å². The summed E-state index contributed by atoms with van der Waals surface area (Å²) in [4.78, 5) is 3.15. The lowest BCUT2D eigenvalue weighted by atomic mass is 10.1. The van der Waals surface area contributed by atoms with E-state index in [0.717, 1.165) is 28.8 Å². The molecule has 0 bridgehead atoms. The van der Waals surface area contributed by atoms with E-state index < -0.39 is 0 Å². The molecule has 1 N–H and O–H groups in total. The summed E-state index contributed by atoms with van der Waals surface area (Å²) >= 11 is 5.21. The van der Waals surface area contributed by atoms with E-state index in [4.69, 9.17) is 12.2 Å². The van der Waals surface area contributed by atoms with Crippen LogP contribution in [-0.2, 0) is 6.54 Å². The fourth-order valence-electron chi connectivity index (χ4n) is 1.83. The SMILES string of the molecule is Cc1cn(CC(C)C2CC2)c(=S)[nH]1. The van der Waals surface area contributed by atoms with Crippen molar-refractivity contribution in [3.05, 3.63) is 16.7 Å². The molecule has 72 valence electrons. The first kappa shape index (κ1) is 9.00. The van der Waals surface area contributed by atoms with Gasteiger partial charge in [-0.3, -0.25) is 0 Å². The van der Waals surface area contributed by atoms with Crippen LogP contribution in [0.3, 0.4) is 0 Å². The Bertz CT molecular complexity index is 346. The second-order valence-corrected chi connectivity index (χ2v) is 4.60. The third kappa shape index (κ3) is 2.02. The third-order valence-corrected chi connectivity index (χ3v) is 3.16. The third-order valence-electron chi connectivity index (χ3n) is 2.83. The van der Waals surface area contributed by atoms with Crippen molar-refractivity contribution in [3.63, 3.8) is 0 Å². The lowest BCUT2D eigenvalue weighted by molar-refractivity contribution is 0.427. The second kappa shape index (κ2) is 3.29. The number of nitrogens with one attached hydrogen (secondary N) is 1. The van der Waals surface area contributed by atoms with Gasteiger partial charge in [-0.2, -0.15) is 0 Å². The van der Waals surface area contributed by atoms with Crippen LogP contribution in [-0.4, -0.2) is 9.55 Å². The van der Waals surface area contributed by atoms with Crippen LogP contribution in [0.15, 0.2) is 6.20 Å². The minimum Gasteiger partial charge on any atom is -0.335 e. The van der Waals surface area contributed by atoms with E-state index in [2.05, 4.69) is 22.7 Å². The summed E-state index contributed by atoms with van der Waals surface area (Å²) in [5, 5.41) is 0. The molecule has 1 aliphatic carbocycles. The summed E-state index contributed by atoms with van der Waals surface area (Å²) in [5.41, 5.74) is 1.16. The van der Waals surface area contributed by atoms with Crippen molar-refractivity contribution < 1.29 is 0 Å². The van der Waals surface area contributed by atoms with Gasteiger partial charge in [0.05, 0.1) is 0 Å². The van der Waals surface area contributed by atoms with Crippen molar-refractivity contribution in [3.8, 4) is 0 Å². The van der Waals surface area contributed by atoms with Gasteiger partial charge in [0.25, 0.3) is 0 Å². The van der Waals surface area contributed by atoms with E-state index in [0.29, 0.717) is 0 Å². The summed E-state index contributed by atoms with van der Waals surface area (Å²) in [6.07, 6.45) is 4.94. The number of aryl methyl sites for hydroxylation is 1. The topological polar surface area (TPSA) is 20.7 Å². The zero-order valence-corrected chi connectivity index (χ0v) is 9.03. The maximum absolute atomic E-state index is 5.21. The Morgan fingerprint density at radius 3 is 2.85 bits per heavy atom. The Balaban J connectivity index is 2.07. The molecule has 3 heteroatoms. The van der Waals surface area contributed by atoms with E-state index in [1.165, 1.54) is 12.8 Å². The molecular weight excluding hydrogens is 180 g/mol. The number of nitrogens with zero attached hydrogens (tertiary/aromatic N) is 1. The first-order valence-electron chi connectivity index (χ1n) is 4.93. The maximum Gasteiger partial charge on any atom is 0.177 e. The normalized spacial score (nSPS) is 18.9. The standard InChI is InChI=1S/C10H16N2S/c1-7(9-3-4-9)5-12-6-8(2)11-10(12)13/h6-7,9H,3-5H2,1-2H3,(H,11,13). The number of hydrogen-bond acceptors (Lipinski definition) is 1. The Morgan fingerprint density at radius 2 is 2.38 bits per heavy atom. The van der Waals surface area contributed by atoms with Gasteiger partial charge in [-0.15, -0.1) is 0 Å². The minimum absolute atomic E-state index is 0.780. The van der Waals surface area contributed by atoms with Crippen LogP contribution in [0.1, 0.15) is 25.5 Å². The molecule has 0 saturated heterocycles. The zero-order chi connectivity index (χ0) is 9.42. The lowest BCUT2D eigenvalue weighted by Gasteiger charge is -2.09. The number of rotatable bonds is 3. The van der Waals surface area contributed by atoms with Crippen molar-refractivity contribution in [2.75, 3.05) is 0 Å². The summed E-state index contributed by atoms with van der Waals surface area (Å²) in [7, 11) is 0. The smallest absolute Gasteiger partial charge is 0.177 e. The zero-order valence-electron chi connectivity index (χ0n) is 8.21. The Morgan fingerprint density at radius 1 is 1.69 bits per heavy atom. The maximum atomic E-state index is 5.21. The van der Waals surface area contributed by atoms with Gasteiger partial charge in [0.2, 0.25) is 0 Å². The average molecular weight is 196 g/mol. The van der Waals surface area contributed by atoms with Gasteiger partial charge in [0.15, 0.2) is 4.77 Å². The highest BCUT2D eigenvalue weighted by molar-refractivity contribution is 7.71. The van der Waals surface area contributed by atoms with Gasteiger partial charge in [-0.1, -0.05) is 6.92 Å². The minimum atomic E-state index is 0.780. The fraction of sp³-hybridized carbons (Fsp3) is 0.700. The molecule has 1 saturated carbocycles. The Kier molecular flexibility index (Phi) is 2.28. The van der Waals surface area contributed by atoms with Crippen LogP contribution in [0, 0.1) is 23.5 Å². The lowest BCUT2D eigenvalue weighted by Crippen LogP contribution is -2.08. The molecule has 1 aromatic rings.